The Hall–Kier alpha value is -8.01. The van der Waals surface area contributed by atoms with Crippen LogP contribution in [0.4, 0.5) is 0 Å². The highest BCUT2D eigenvalue weighted by molar-refractivity contribution is 5.85. The van der Waals surface area contributed by atoms with Crippen molar-refractivity contribution in [3.05, 3.63) is 257 Å². The molecule has 3 heterocycles. The van der Waals surface area contributed by atoms with Crippen LogP contribution >= 0.6 is 0 Å². The van der Waals surface area contributed by atoms with E-state index < -0.39 is 13.7 Å². The van der Waals surface area contributed by atoms with E-state index >= 15 is 0 Å². The second kappa shape index (κ2) is 19.8. The monoisotopic (exact) mass is 883 g/mol. The minimum Gasteiger partial charge on any atom is -0.256 e. The minimum absolute atomic E-state index is 0.230. The molecule has 0 radical (unpaired) electrons. The lowest BCUT2D eigenvalue weighted by atomic mass is 9.89. The number of rotatable bonds is 13. The average Bonchev–Trinajstić information content (AvgIpc) is 3.43. The van der Waals surface area contributed by atoms with Gasteiger partial charge in [-0.3, -0.25) is 15.0 Å². The van der Waals surface area contributed by atoms with Crippen LogP contribution in [0.2, 0.25) is 0 Å². The summed E-state index contributed by atoms with van der Waals surface area (Å²) in [6.07, 6.45) is 8.24. The van der Waals surface area contributed by atoms with Crippen LogP contribution in [-0.2, 0) is 25.7 Å². The van der Waals surface area contributed by atoms with Gasteiger partial charge in [0.2, 0.25) is 0 Å². The topological polar surface area (TPSA) is 38.7 Å². The summed E-state index contributed by atoms with van der Waals surface area (Å²) in [5, 5.41) is 0. The van der Waals surface area contributed by atoms with Gasteiger partial charge >= 0.3 is 0 Å². The second-order valence-corrected chi connectivity index (χ2v) is 17.6. The van der Waals surface area contributed by atoms with E-state index in [1.807, 2.05) is 18.3 Å². The van der Waals surface area contributed by atoms with E-state index in [2.05, 4.69) is 182 Å². The van der Waals surface area contributed by atoms with Crippen LogP contribution < -0.4 is 0 Å². The Balaban J connectivity index is 0.914. The van der Waals surface area contributed by atoms with Gasteiger partial charge < -0.3 is 0 Å². The van der Waals surface area contributed by atoms with Crippen LogP contribution in [0.25, 0.3) is 78.3 Å². The fourth-order valence-electron chi connectivity index (χ4n) is 9.25. The Morgan fingerprint density at radius 2 is 0.824 bits per heavy atom. The van der Waals surface area contributed by atoms with E-state index in [0.29, 0.717) is 5.69 Å². The molecule has 0 N–H and O–H groups in total. The zero-order valence-corrected chi connectivity index (χ0v) is 38.4. The van der Waals surface area contributed by atoms with E-state index in [9.17, 15) is 0 Å². The molecule has 7 aromatic carbocycles. The van der Waals surface area contributed by atoms with Crippen molar-refractivity contribution in [1.29, 1.82) is 0 Å². The average molecular weight is 884 g/mol. The van der Waals surface area contributed by atoms with Crippen molar-refractivity contribution in [2.24, 2.45) is 0 Å². The summed E-state index contributed by atoms with van der Waals surface area (Å²) in [6.45, 7) is 0.0311. The number of pyridine rings is 3. The van der Waals surface area contributed by atoms with Crippen molar-refractivity contribution < 1.29 is 8.22 Å². The van der Waals surface area contributed by atoms with Gasteiger partial charge in [-0.1, -0.05) is 164 Å². The lowest BCUT2D eigenvalue weighted by Crippen LogP contribution is -1.98. The van der Waals surface area contributed by atoms with E-state index in [1.54, 1.807) is 30.5 Å². The van der Waals surface area contributed by atoms with Gasteiger partial charge in [0.1, 0.15) is 0 Å². The van der Waals surface area contributed by atoms with Gasteiger partial charge in [-0.25, -0.2) is 0 Å². The maximum atomic E-state index is 7.86. The first-order valence-corrected chi connectivity index (χ1v) is 23.3. The zero-order valence-electron chi connectivity index (χ0n) is 44.4. The third-order valence-electron chi connectivity index (χ3n) is 13.2. The highest BCUT2D eigenvalue weighted by Crippen LogP contribution is 2.37. The van der Waals surface area contributed by atoms with Gasteiger partial charge in [-0.15, -0.1) is 0 Å². The molecule has 0 atom stereocenters. The van der Waals surface area contributed by atoms with E-state index in [-0.39, 0.29) is 11.1 Å². The molecule has 0 amide bonds. The summed E-state index contributed by atoms with van der Waals surface area (Å²) < 4.78 is 46.7. The van der Waals surface area contributed by atoms with Crippen LogP contribution in [0.15, 0.2) is 213 Å². The number of aromatic nitrogens is 3. The Kier molecular flexibility index (Phi) is 10.8. The third-order valence-corrected chi connectivity index (χ3v) is 13.2. The lowest BCUT2D eigenvalue weighted by Gasteiger charge is -2.15. The molecule has 0 saturated carbocycles. The van der Waals surface area contributed by atoms with Crippen molar-refractivity contribution >= 4 is 0 Å². The summed E-state index contributed by atoms with van der Waals surface area (Å²) in [7, 11) is 0. The Morgan fingerprint density at radius 1 is 0.324 bits per heavy atom. The summed E-state index contributed by atoms with van der Waals surface area (Å²) in [5.74, 6) is 0. The Bertz CT molecular complexity index is 3570. The molecule has 3 aromatic heterocycles. The number of hydrogen-bond acceptors (Lipinski definition) is 3. The van der Waals surface area contributed by atoms with E-state index in [0.717, 1.165) is 81.6 Å². The standard InChI is InChI=1S/C65H55N3/c1-44-34-36-66-64(38-44)55-25-21-49(22-26-55)16-18-51-39-50(17-15-48-19-23-54(24-20-48)63-33-14-45(2)43-68-63)40-58(41-51)62-13-9-8-12-61(62)53-27-29-56(30-28-53)65-42-57(35-37-67-65)60-32-31-59(46(3)47(60)4)52-10-6-5-7-11-52/h5-14,19-43H,15-18H2,1-4H3/i1D3,2D3. The SMILES string of the molecule is [2H]C([2H])([2H])c1ccc(-c2ccc(CCc3cc(CCc4ccc(-c5cc(C([2H])([2H])[2H])ccn5)cc4)cc(-c4ccccc4-c4ccc(-c5cc(-c6ccc(-c7ccccc7)c(C)c6C)ccn5)cc4)c3)cc2)nc1. The van der Waals surface area contributed by atoms with Crippen LogP contribution in [-0.4, -0.2) is 15.0 Å². The largest absolute Gasteiger partial charge is 0.256 e. The summed E-state index contributed by atoms with van der Waals surface area (Å²) in [6, 6.07) is 67.0. The molecule has 0 spiro atoms. The van der Waals surface area contributed by atoms with Crippen molar-refractivity contribution in [2.75, 3.05) is 0 Å². The van der Waals surface area contributed by atoms with Gasteiger partial charge in [-0.05, 0) is 173 Å². The molecule has 0 unspecified atom stereocenters. The molecule has 0 aliphatic heterocycles. The fourth-order valence-corrected chi connectivity index (χ4v) is 9.25. The quantitative estimate of drug-likeness (QED) is 0.116. The first-order valence-electron chi connectivity index (χ1n) is 26.3. The summed E-state index contributed by atoms with van der Waals surface area (Å²) in [5.41, 5.74) is 22.5. The number of nitrogens with zero attached hydrogens (tertiary/aromatic N) is 3. The zero-order chi connectivity index (χ0) is 51.4. The van der Waals surface area contributed by atoms with Crippen molar-refractivity contribution in [3.8, 4) is 78.3 Å². The molecule has 0 aliphatic carbocycles. The molecule has 3 heteroatoms. The van der Waals surface area contributed by atoms with Gasteiger partial charge in [0.15, 0.2) is 0 Å². The summed E-state index contributed by atoms with van der Waals surface area (Å²) in [4.78, 5) is 13.7. The molecule has 10 rings (SSSR count). The molecule has 0 fully saturated rings. The highest BCUT2D eigenvalue weighted by atomic mass is 14.7. The van der Waals surface area contributed by atoms with E-state index in [4.69, 9.17) is 13.2 Å². The second-order valence-electron chi connectivity index (χ2n) is 17.6. The van der Waals surface area contributed by atoms with Crippen LogP contribution in [0.3, 0.4) is 0 Å². The first kappa shape index (κ1) is 37.1. The highest BCUT2D eigenvalue weighted by Gasteiger charge is 2.14. The van der Waals surface area contributed by atoms with Gasteiger partial charge in [-0.2, -0.15) is 0 Å². The predicted molar refractivity (Wildman–Crippen MR) is 285 cm³/mol. The van der Waals surface area contributed by atoms with Crippen LogP contribution in [0.5, 0.6) is 0 Å². The number of hydrogen-bond donors (Lipinski definition) is 0. The van der Waals surface area contributed by atoms with Gasteiger partial charge in [0.25, 0.3) is 0 Å². The maximum Gasteiger partial charge on any atom is 0.0708 e. The molecule has 0 bridgehead atoms. The number of aryl methyl sites for hydroxylation is 6. The molecule has 68 heavy (non-hydrogen) atoms. The molecule has 10 aromatic rings. The number of benzene rings is 7. The molecule has 0 aliphatic rings. The fraction of sp³-hybridized carbons (Fsp3) is 0.123. The summed E-state index contributed by atoms with van der Waals surface area (Å²) >= 11 is 0. The van der Waals surface area contributed by atoms with Crippen molar-refractivity contribution in [3.63, 3.8) is 0 Å². The lowest BCUT2D eigenvalue weighted by molar-refractivity contribution is 0.931. The van der Waals surface area contributed by atoms with Crippen molar-refractivity contribution in [2.45, 2.75) is 53.2 Å². The van der Waals surface area contributed by atoms with E-state index in [1.165, 1.54) is 56.3 Å². The molecular weight excluding hydrogens is 823 g/mol. The maximum absolute atomic E-state index is 7.86. The molecule has 0 saturated heterocycles. The predicted octanol–water partition coefficient (Wildman–Crippen LogP) is 16.3. The third kappa shape index (κ3) is 9.89. The minimum atomic E-state index is -2.20. The molecule has 3 nitrogen and oxygen atoms in total. The Labute approximate surface area is 410 Å². The first-order chi connectivity index (χ1) is 35.7. The van der Waals surface area contributed by atoms with Gasteiger partial charge in [0.05, 0.1) is 17.1 Å². The van der Waals surface area contributed by atoms with Gasteiger partial charge in [0, 0.05) is 43.5 Å². The molecule has 330 valence electrons. The van der Waals surface area contributed by atoms with Crippen LogP contribution in [0, 0.1) is 27.6 Å². The smallest absolute Gasteiger partial charge is 0.0708 e. The normalized spacial score (nSPS) is 12.9. The Morgan fingerprint density at radius 3 is 1.43 bits per heavy atom. The van der Waals surface area contributed by atoms with Crippen molar-refractivity contribution in [1.82, 2.24) is 15.0 Å². The molecular formula is C65H55N3. The van der Waals surface area contributed by atoms with Crippen LogP contribution in [0.1, 0.15) is 52.7 Å².